The maximum absolute atomic E-state index is 13.0. The number of aliphatic hydroxyl groups excluding tert-OH is 1. The highest BCUT2D eigenvalue weighted by molar-refractivity contribution is 5.77. The van der Waals surface area contributed by atoms with E-state index in [0.717, 1.165) is 24.0 Å². The molecule has 0 radical (unpaired) electrons. The van der Waals surface area contributed by atoms with Crippen molar-refractivity contribution in [2.24, 2.45) is 5.41 Å². The van der Waals surface area contributed by atoms with Gasteiger partial charge in [-0.15, -0.1) is 0 Å². The first-order valence-corrected chi connectivity index (χ1v) is 9.03. The maximum Gasteiger partial charge on any atom is 0.223 e. The Labute approximate surface area is 151 Å². The average Bonchev–Trinajstić information content (AvgIpc) is 2.63. The Morgan fingerprint density at radius 3 is 1.84 bits per heavy atom. The van der Waals surface area contributed by atoms with Gasteiger partial charge in [-0.25, -0.2) is 0 Å². The molecule has 0 spiro atoms. The fraction of sp³-hybridized carbons (Fsp3) is 0.409. The van der Waals surface area contributed by atoms with E-state index in [4.69, 9.17) is 0 Å². The lowest BCUT2D eigenvalue weighted by Gasteiger charge is -2.30. The molecule has 3 heteroatoms. The van der Waals surface area contributed by atoms with Crippen LogP contribution in [0, 0.1) is 5.41 Å². The van der Waals surface area contributed by atoms with Gasteiger partial charge in [-0.1, -0.05) is 80.9 Å². The van der Waals surface area contributed by atoms with Crippen molar-refractivity contribution < 1.29 is 9.90 Å². The summed E-state index contributed by atoms with van der Waals surface area (Å²) >= 11 is 0. The number of aliphatic hydroxyl groups is 1. The third-order valence-corrected chi connectivity index (χ3v) is 4.60. The molecule has 2 aromatic rings. The number of amides is 1. The highest BCUT2D eigenvalue weighted by Crippen LogP contribution is 2.28. The van der Waals surface area contributed by atoms with Gasteiger partial charge in [0.2, 0.25) is 5.91 Å². The summed E-state index contributed by atoms with van der Waals surface area (Å²) in [6.45, 7) is 5.29. The van der Waals surface area contributed by atoms with E-state index in [9.17, 15) is 9.90 Å². The molecular formula is C22H29NO2. The first-order chi connectivity index (χ1) is 12.1. The van der Waals surface area contributed by atoms with E-state index in [2.05, 4.69) is 6.92 Å². The van der Waals surface area contributed by atoms with Crippen LogP contribution in [0.1, 0.15) is 44.2 Å². The lowest BCUT2D eigenvalue weighted by molar-refractivity contribution is -0.135. The minimum atomic E-state index is -0.350. The summed E-state index contributed by atoms with van der Waals surface area (Å²) in [5, 5.41) is 9.76. The van der Waals surface area contributed by atoms with Crippen molar-refractivity contribution in [1.82, 2.24) is 4.90 Å². The SMILES string of the molecule is CCC[C@@](C)(CO)CC(=O)N(Cc1ccccc1)Cc1ccccc1. The molecule has 0 aliphatic carbocycles. The Hall–Kier alpha value is -2.13. The van der Waals surface area contributed by atoms with Crippen LogP contribution in [0.3, 0.4) is 0 Å². The monoisotopic (exact) mass is 339 g/mol. The molecule has 0 heterocycles. The Morgan fingerprint density at radius 1 is 0.960 bits per heavy atom. The van der Waals surface area contributed by atoms with Crippen LogP contribution >= 0.6 is 0 Å². The Kier molecular flexibility index (Phi) is 7.20. The van der Waals surface area contributed by atoms with Gasteiger partial charge >= 0.3 is 0 Å². The first kappa shape index (κ1) is 19.2. The van der Waals surface area contributed by atoms with Crippen LogP contribution in [0.4, 0.5) is 0 Å². The van der Waals surface area contributed by atoms with Crippen LogP contribution in [0.25, 0.3) is 0 Å². The quantitative estimate of drug-likeness (QED) is 0.735. The van der Waals surface area contributed by atoms with Crippen LogP contribution in [0.15, 0.2) is 60.7 Å². The van der Waals surface area contributed by atoms with Crippen LogP contribution in [0.2, 0.25) is 0 Å². The van der Waals surface area contributed by atoms with Crippen LogP contribution in [-0.4, -0.2) is 22.5 Å². The predicted molar refractivity (Wildman–Crippen MR) is 102 cm³/mol. The summed E-state index contributed by atoms with van der Waals surface area (Å²) in [5.74, 6) is 0.0951. The molecule has 0 fully saturated rings. The summed E-state index contributed by atoms with van der Waals surface area (Å²) in [6, 6.07) is 20.1. The van der Waals surface area contributed by atoms with E-state index in [0.29, 0.717) is 19.5 Å². The molecule has 2 aromatic carbocycles. The zero-order valence-corrected chi connectivity index (χ0v) is 15.3. The fourth-order valence-electron chi connectivity index (χ4n) is 3.14. The summed E-state index contributed by atoms with van der Waals surface area (Å²) in [4.78, 5) is 14.9. The summed E-state index contributed by atoms with van der Waals surface area (Å²) in [5.41, 5.74) is 1.89. The zero-order valence-electron chi connectivity index (χ0n) is 15.3. The summed E-state index contributed by atoms with van der Waals surface area (Å²) in [6.07, 6.45) is 2.18. The topological polar surface area (TPSA) is 40.5 Å². The maximum atomic E-state index is 13.0. The number of carbonyl (C=O) groups excluding carboxylic acids is 1. The summed E-state index contributed by atoms with van der Waals surface area (Å²) < 4.78 is 0. The van der Waals surface area contributed by atoms with Gasteiger partial charge in [-0.2, -0.15) is 0 Å². The van der Waals surface area contributed by atoms with Gasteiger partial charge in [0.25, 0.3) is 0 Å². The largest absolute Gasteiger partial charge is 0.396 e. The standard InChI is InChI=1S/C22H29NO2/c1-3-14-22(2,18-24)15-21(25)23(16-19-10-6-4-7-11-19)17-20-12-8-5-9-13-20/h4-13,24H,3,14-18H2,1-2H3/t22-/m1/s1. The van der Waals surface area contributed by atoms with Crippen molar-refractivity contribution in [2.45, 2.75) is 46.2 Å². The van der Waals surface area contributed by atoms with Gasteiger partial charge in [0.15, 0.2) is 0 Å². The Morgan fingerprint density at radius 2 is 1.44 bits per heavy atom. The molecule has 0 aromatic heterocycles. The smallest absolute Gasteiger partial charge is 0.223 e. The molecule has 1 amide bonds. The summed E-state index contributed by atoms with van der Waals surface area (Å²) in [7, 11) is 0. The number of rotatable bonds is 9. The van der Waals surface area contributed by atoms with Crippen molar-refractivity contribution in [2.75, 3.05) is 6.61 Å². The van der Waals surface area contributed by atoms with E-state index in [1.165, 1.54) is 0 Å². The Bertz CT molecular complexity index is 600. The van der Waals surface area contributed by atoms with Gasteiger partial charge < -0.3 is 10.0 Å². The molecule has 3 nitrogen and oxygen atoms in total. The van der Waals surface area contributed by atoms with E-state index in [-0.39, 0.29) is 17.9 Å². The molecule has 0 unspecified atom stereocenters. The molecule has 0 saturated heterocycles. The number of hydrogen-bond donors (Lipinski definition) is 1. The average molecular weight is 339 g/mol. The first-order valence-electron chi connectivity index (χ1n) is 9.03. The van der Waals surface area contributed by atoms with E-state index in [1.54, 1.807) is 0 Å². The number of carbonyl (C=O) groups is 1. The highest BCUT2D eigenvalue weighted by Gasteiger charge is 2.28. The van der Waals surface area contributed by atoms with Crippen molar-refractivity contribution in [3.63, 3.8) is 0 Å². The van der Waals surface area contributed by atoms with Crippen molar-refractivity contribution in [1.29, 1.82) is 0 Å². The molecule has 134 valence electrons. The molecule has 1 atom stereocenters. The molecule has 2 rings (SSSR count). The molecule has 0 aliphatic heterocycles. The lowest BCUT2D eigenvalue weighted by Crippen LogP contribution is -2.35. The lowest BCUT2D eigenvalue weighted by atomic mass is 9.82. The molecule has 25 heavy (non-hydrogen) atoms. The van der Waals surface area contributed by atoms with Gasteiger partial charge in [-0.05, 0) is 23.0 Å². The van der Waals surface area contributed by atoms with Gasteiger partial charge in [0, 0.05) is 26.1 Å². The van der Waals surface area contributed by atoms with Gasteiger partial charge in [-0.3, -0.25) is 4.79 Å². The molecule has 0 saturated carbocycles. The van der Waals surface area contributed by atoms with E-state index >= 15 is 0 Å². The predicted octanol–water partition coefficient (Wildman–Crippen LogP) is 4.40. The van der Waals surface area contributed by atoms with Crippen molar-refractivity contribution in [3.8, 4) is 0 Å². The second kappa shape index (κ2) is 9.38. The molecular weight excluding hydrogens is 310 g/mol. The second-order valence-electron chi connectivity index (χ2n) is 7.12. The second-order valence-corrected chi connectivity index (χ2v) is 7.12. The van der Waals surface area contributed by atoms with Gasteiger partial charge in [0.05, 0.1) is 0 Å². The minimum absolute atomic E-state index is 0.0388. The van der Waals surface area contributed by atoms with Crippen molar-refractivity contribution in [3.05, 3.63) is 71.8 Å². The fourth-order valence-corrected chi connectivity index (χ4v) is 3.14. The highest BCUT2D eigenvalue weighted by atomic mass is 16.3. The molecule has 1 N–H and O–H groups in total. The van der Waals surface area contributed by atoms with Crippen LogP contribution in [0.5, 0.6) is 0 Å². The van der Waals surface area contributed by atoms with Gasteiger partial charge in [0.1, 0.15) is 0 Å². The van der Waals surface area contributed by atoms with E-state index < -0.39 is 0 Å². The molecule has 0 aliphatic rings. The zero-order chi connectivity index (χ0) is 18.1. The van der Waals surface area contributed by atoms with E-state index in [1.807, 2.05) is 72.5 Å². The number of benzene rings is 2. The number of hydrogen-bond acceptors (Lipinski definition) is 2. The Balaban J connectivity index is 2.16. The minimum Gasteiger partial charge on any atom is -0.396 e. The number of nitrogens with zero attached hydrogens (tertiary/aromatic N) is 1. The third-order valence-electron chi connectivity index (χ3n) is 4.60. The van der Waals surface area contributed by atoms with Crippen LogP contribution < -0.4 is 0 Å². The van der Waals surface area contributed by atoms with Crippen molar-refractivity contribution >= 4 is 5.91 Å². The third kappa shape index (κ3) is 6.02. The molecule has 0 bridgehead atoms. The normalized spacial score (nSPS) is 13.2. The van der Waals surface area contributed by atoms with Crippen LogP contribution in [-0.2, 0) is 17.9 Å².